The molecule has 1 aromatic carbocycles. The molecule has 0 fully saturated rings. The summed E-state index contributed by atoms with van der Waals surface area (Å²) in [5.74, 6) is 0.584. The normalized spacial score (nSPS) is 11.9. The topological polar surface area (TPSA) is 68.3 Å². The van der Waals surface area contributed by atoms with Gasteiger partial charge in [-0.05, 0) is 13.0 Å². The minimum atomic E-state index is -0.172. The monoisotopic (exact) mass is 282 g/mol. The fraction of sp³-hybridized carbons (Fsp3) is 0.357. The van der Waals surface area contributed by atoms with Gasteiger partial charge in [0.05, 0.1) is 6.54 Å². The Bertz CT molecular complexity index is 566. The second kappa shape index (κ2) is 6.59. The van der Waals surface area contributed by atoms with E-state index in [1.165, 1.54) is 0 Å². The summed E-state index contributed by atoms with van der Waals surface area (Å²) in [5, 5.41) is 3.93. The number of furan rings is 1. The van der Waals surface area contributed by atoms with Crippen LogP contribution in [0.1, 0.15) is 18.2 Å². The highest BCUT2D eigenvalue weighted by atomic mass is 35.5. The quantitative estimate of drug-likeness (QED) is 0.905. The fourth-order valence-electron chi connectivity index (χ4n) is 1.84. The number of amides is 1. The van der Waals surface area contributed by atoms with Gasteiger partial charge in [0.25, 0.3) is 0 Å². The van der Waals surface area contributed by atoms with E-state index in [9.17, 15) is 4.79 Å². The molecule has 0 aliphatic carbocycles. The Hall–Kier alpha value is -1.52. The van der Waals surface area contributed by atoms with Gasteiger partial charge in [0.2, 0.25) is 5.91 Å². The van der Waals surface area contributed by atoms with E-state index in [1.54, 1.807) is 6.92 Å². The lowest BCUT2D eigenvalue weighted by atomic mass is 10.1. The van der Waals surface area contributed by atoms with Gasteiger partial charge in [-0.1, -0.05) is 25.1 Å². The highest BCUT2D eigenvalue weighted by Gasteiger charge is 2.13. The number of nitrogens with one attached hydrogen (secondary N) is 1. The zero-order valence-corrected chi connectivity index (χ0v) is 11.9. The molecule has 0 bridgehead atoms. The standard InChI is InChI=1S/C14H18N2O2.ClH/c1-9(7-15)14(17)16-8-13-10(2)11-5-3-4-6-12(11)18-13;/h3-6,9H,7-8,15H2,1-2H3,(H,16,17);1H. The first-order valence-corrected chi connectivity index (χ1v) is 6.08. The van der Waals surface area contributed by atoms with Gasteiger partial charge in [-0.15, -0.1) is 12.4 Å². The smallest absolute Gasteiger partial charge is 0.224 e. The number of carbonyl (C=O) groups excluding carboxylic acids is 1. The van der Waals surface area contributed by atoms with Crippen LogP contribution in [0.15, 0.2) is 28.7 Å². The maximum atomic E-state index is 11.6. The first-order chi connectivity index (χ1) is 8.63. The van der Waals surface area contributed by atoms with Crippen LogP contribution in [-0.4, -0.2) is 12.5 Å². The highest BCUT2D eigenvalue weighted by Crippen LogP contribution is 2.24. The fourth-order valence-corrected chi connectivity index (χ4v) is 1.84. The van der Waals surface area contributed by atoms with Crippen LogP contribution in [-0.2, 0) is 11.3 Å². The second-order valence-electron chi connectivity index (χ2n) is 4.50. The molecule has 1 atom stereocenters. The predicted molar refractivity (Wildman–Crippen MR) is 78.3 cm³/mol. The first kappa shape index (κ1) is 15.5. The summed E-state index contributed by atoms with van der Waals surface area (Å²) in [4.78, 5) is 11.6. The van der Waals surface area contributed by atoms with Crippen LogP contribution >= 0.6 is 12.4 Å². The van der Waals surface area contributed by atoms with Crippen molar-refractivity contribution in [2.45, 2.75) is 20.4 Å². The van der Waals surface area contributed by atoms with E-state index in [2.05, 4.69) is 5.32 Å². The van der Waals surface area contributed by atoms with Gasteiger partial charge in [0.15, 0.2) is 0 Å². The number of fused-ring (bicyclic) bond motifs is 1. The summed E-state index contributed by atoms with van der Waals surface area (Å²) in [6.45, 7) is 4.56. The lowest BCUT2D eigenvalue weighted by Gasteiger charge is -2.08. The molecule has 0 aliphatic heterocycles. The van der Waals surface area contributed by atoms with E-state index in [1.807, 2.05) is 31.2 Å². The van der Waals surface area contributed by atoms with Gasteiger partial charge in [0, 0.05) is 23.4 Å². The van der Waals surface area contributed by atoms with Crippen molar-refractivity contribution in [1.29, 1.82) is 0 Å². The van der Waals surface area contributed by atoms with E-state index in [4.69, 9.17) is 10.2 Å². The molecule has 5 heteroatoms. The molecule has 19 heavy (non-hydrogen) atoms. The number of halogens is 1. The number of hydrogen-bond acceptors (Lipinski definition) is 3. The third-order valence-corrected chi connectivity index (χ3v) is 3.17. The minimum Gasteiger partial charge on any atom is -0.459 e. The third kappa shape index (κ3) is 3.28. The van der Waals surface area contributed by atoms with Gasteiger partial charge >= 0.3 is 0 Å². The average Bonchev–Trinajstić information content (AvgIpc) is 2.72. The number of benzene rings is 1. The van der Waals surface area contributed by atoms with Crippen LogP contribution in [0, 0.1) is 12.8 Å². The number of carbonyl (C=O) groups is 1. The Morgan fingerprint density at radius 2 is 2.11 bits per heavy atom. The predicted octanol–water partition coefficient (Wildman–Crippen LogP) is 2.37. The lowest BCUT2D eigenvalue weighted by Crippen LogP contribution is -2.32. The largest absolute Gasteiger partial charge is 0.459 e. The van der Waals surface area contributed by atoms with Crippen molar-refractivity contribution < 1.29 is 9.21 Å². The summed E-state index contributed by atoms with van der Waals surface area (Å²) >= 11 is 0. The van der Waals surface area contributed by atoms with E-state index < -0.39 is 0 Å². The molecule has 1 unspecified atom stereocenters. The van der Waals surface area contributed by atoms with Crippen LogP contribution in [0.3, 0.4) is 0 Å². The third-order valence-electron chi connectivity index (χ3n) is 3.17. The van der Waals surface area contributed by atoms with Gasteiger partial charge in [0.1, 0.15) is 11.3 Å². The Morgan fingerprint density at radius 1 is 1.42 bits per heavy atom. The van der Waals surface area contributed by atoms with Crippen molar-refractivity contribution in [3.05, 3.63) is 35.6 Å². The van der Waals surface area contributed by atoms with E-state index >= 15 is 0 Å². The molecule has 104 valence electrons. The number of para-hydroxylation sites is 1. The Labute approximate surface area is 118 Å². The first-order valence-electron chi connectivity index (χ1n) is 6.08. The molecule has 4 nitrogen and oxygen atoms in total. The molecule has 0 saturated carbocycles. The van der Waals surface area contributed by atoms with Crippen molar-refractivity contribution in [1.82, 2.24) is 5.32 Å². The second-order valence-corrected chi connectivity index (χ2v) is 4.50. The maximum Gasteiger partial charge on any atom is 0.224 e. The Kier molecular flexibility index (Phi) is 5.39. The summed E-state index contributed by atoms with van der Waals surface area (Å²) in [6, 6.07) is 7.85. The summed E-state index contributed by atoms with van der Waals surface area (Å²) in [6.07, 6.45) is 0. The van der Waals surface area contributed by atoms with Crippen LogP contribution in [0.4, 0.5) is 0 Å². The van der Waals surface area contributed by atoms with Crippen molar-refractivity contribution in [3.8, 4) is 0 Å². The lowest BCUT2D eigenvalue weighted by molar-refractivity contribution is -0.124. The van der Waals surface area contributed by atoms with Gasteiger partial charge in [-0.3, -0.25) is 4.79 Å². The van der Waals surface area contributed by atoms with E-state index in [0.29, 0.717) is 13.1 Å². The molecule has 3 N–H and O–H groups in total. The van der Waals surface area contributed by atoms with Gasteiger partial charge < -0.3 is 15.5 Å². The van der Waals surface area contributed by atoms with Crippen molar-refractivity contribution in [3.63, 3.8) is 0 Å². The molecule has 0 spiro atoms. The zero-order valence-electron chi connectivity index (χ0n) is 11.1. The van der Waals surface area contributed by atoms with Crippen molar-refractivity contribution >= 4 is 29.3 Å². The number of hydrogen-bond donors (Lipinski definition) is 2. The molecule has 0 radical (unpaired) electrons. The molecule has 1 aromatic heterocycles. The number of rotatable bonds is 4. The van der Waals surface area contributed by atoms with Gasteiger partial charge in [-0.2, -0.15) is 0 Å². The van der Waals surface area contributed by atoms with Crippen LogP contribution in [0.2, 0.25) is 0 Å². The summed E-state index contributed by atoms with van der Waals surface area (Å²) in [5.41, 5.74) is 7.38. The average molecular weight is 283 g/mol. The Balaban J connectivity index is 0.00000180. The zero-order chi connectivity index (χ0) is 13.1. The Morgan fingerprint density at radius 3 is 2.74 bits per heavy atom. The molecule has 2 aromatic rings. The van der Waals surface area contributed by atoms with Gasteiger partial charge in [-0.25, -0.2) is 0 Å². The van der Waals surface area contributed by atoms with Crippen molar-refractivity contribution in [2.75, 3.05) is 6.54 Å². The maximum absolute atomic E-state index is 11.6. The van der Waals surface area contributed by atoms with Crippen LogP contribution in [0.5, 0.6) is 0 Å². The van der Waals surface area contributed by atoms with Crippen LogP contribution < -0.4 is 11.1 Å². The van der Waals surface area contributed by atoms with E-state index in [-0.39, 0.29) is 24.2 Å². The SMILES string of the molecule is Cc1c(CNC(=O)C(C)CN)oc2ccccc12.Cl. The molecule has 1 amide bonds. The van der Waals surface area contributed by atoms with Crippen molar-refractivity contribution in [2.24, 2.45) is 11.7 Å². The highest BCUT2D eigenvalue weighted by molar-refractivity contribution is 5.85. The molecular weight excluding hydrogens is 264 g/mol. The molecule has 1 heterocycles. The van der Waals surface area contributed by atoms with Crippen LogP contribution in [0.25, 0.3) is 11.0 Å². The molecular formula is C14H19ClN2O2. The number of nitrogens with two attached hydrogens (primary N) is 1. The number of aryl methyl sites for hydroxylation is 1. The molecule has 0 saturated heterocycles. The molecule has 0 aliphatic rings. The minimum absolute atomic E-state index is 0. The van der Waals surface area contributed by atoms with E-state index in [0.717, 1.165) is 22.3 Å². The summed E-state index contributed by atoms with van der Waals surface area (Å²) in [7, 11) is 0. The molecule has 2 rings (SSSR count). The summed E-state index contributed by atoms with van der Waals surface area (Å²) < 4.78 is 5.72.